The molecule has 9 heteroatoms. The van der Waals surface area contributed by atoms with E-state index in [1.165, 1.54) is 0 Å². The highest BCUT2D eigenvalue weighted by Crippen LogP contribution is 2.22. The van der Waals surface area contributed by atoms with E-state index in [-0.39, 0.29) is 18.8 Å². The first-order chi connectivity index (χ1) is 18.3. The van der Waals surface area contributed by atoms with Gasteiger partial charge in [-0.2, -0.15) is 0 Å². The zero-order valence-electron chi connectivity index (χ0n) is 21.3. The lowest BCUT2D eigenvalue weighted by molar-refractivity contribution is -0.147. The molecule has 198 valence electrons. The van der Waals surface area contributed by atoms with Crippen molar-refractivity contribution in [2.24, 2.45) is 5.92 Å². The predicted octanol–water partition coefficient (Wildman–Crippen LogP) is 5.19. The van der Waals surface area contributed by atoms with Crippen LogP contribution < -0.4 is 15.4 Å². The zero-order valence-corrected chi connectivity index (χ0v) is 21.3. The van der Waals surface area contributed by atoms with Crippen LogP contribution in [0.25, 0.3) is 0 Å². The summed E-state index contributed by atoms with van der Waals surface area (Å²) in [5, 5.41) is 5.27. The molecule has 9 nitrogen and oxygen atoms in total. The van der Waals surface area contributed by atoms with Crippen molar-refractivity contribution in [3.05, 3.63) is 84.4 Å². The number of anilines is 2. The number of hydrogen-bond acceptors (Lipinski definition) is 7. The second kappa shape index (κ2) is 14.2. The van der Waals surface area contributed by atoms with Gasteiger partial charge < -0.3 is 24.8 Å². The number of carbonyl (C=O) groups excluding carboxylic acids is 4. The van der Waals surface area contributed by atoms with Crippen LogP contribution in [-0.4, -0.2) is 37.0 Å². The van der Waals surface area contributed by atoms with Crippen LogP contribution in [0.3, 0.4) is 0 Å². The second-order valence-corrected chi connectivity index (χ2v) is 8.77. The normalized spacial score (nSPS) is 10.4. The fourth-order valence-corrected chi connectivity index (χ4v) is 3.10. The maximum atomic E-state index is 12.1. The van der Waals surface area contributed by atoms with Crippen molar-refractivity contribution in [2.45, 2.75) is 26.7 Å². The van der Waals surface area contributed by atoms with Gasteiger partial charge >= 0.3 is 11.9 Å². The Bertz CT molecular complexity index is 1220. The summed E-state index contributed by atoms with van der Waals surface area (Å²) in [7, 11) is 0. The number of nitrogens with one attached hydrogen (secondary N) is 2. The van der Waals surface area contributed by atoms with Crippen molar-refractivity contribution < 1.29 is 33.4 Å². The Morgan fingerprint density at radius 2 is 1.26 bits per heavy atom. The number of benzene rings is 3. The smallest absolute Gasteiger partial charge is 0.338 e. The van der Waals surface area contributed by atoms with Gasteiger partial charge in [0.15, 0.2) is 6.61 Å². The van der Waals surface area contributed by atoms with Gasteiger partial charge in [0, 0.05) is 17.8 Å². The van der Waals surface area contributed by atoms with E-state index in [1.54, 1.807) is 48.5 Å². The Balaban J connectivity index is 1.33. The molecule has 0 spiro atoms. The average molecular weight is 519 g/mol. The van der Waals surface area contributed by atoms with E-state index in [2.05, 4.69) is 10.6 Å². The van der Waals surface area contributed by atoms with Crippen LogP contribution in [0, 0.1) is 5.92 Å². The first-order valence-corrected chi connectivity index (χ1v) is 12.1. The lowest BCUT2D eigenvalue weighted by atomic mass is 10.2. The standard InChI is InChI=1S/C29H30N2O7/c1-20(2)18-37-29(35)21-8-10-22(11-9-21)30-26(32)16-17-28(34)36-19-27(33)31-23-12-14-25(15-13-23)38-24-6-4-3-5-7-24/h3-15,20H,16-19H2,1-2H3,(H,30,32)(H,31,33). The van der Waals surface area contributed by atoms with Crippen LogP contribution in [0.15, 0.2) is 78.9 Å². The molecule has 0 bridgehead atoms. The van der Waals surface area contributed by atoms with E-state index in [9.17, 15) is 19.2 Å². The van der Waals surface area contributed by atoms with Crippen LogP contribution in [-0.2, 0) is 23.9 Å². The molecule has 0 aliphatic rings. The SMILES string of the molecule is CC(C)COC(=O)c1ccc(NC(=O)CCC(=O)OCC(=O)Nc2ccc(Oc3ccccc3)cc2)cc1. The summed E-state index contributed by atoms with van der Waals surface area (Å²) >= 11 is 0. The van der Waals surface area contributed by atoms with E-state index in [0.717, 1.165) is 0 Å². The molecule has 3 rings (SSSR count). The van der Waals surface area contributed by atoms with Crippen molar-refractivity contribution in [3.63, 3.8) is 0 Å². The summed E-state index contributed by atoms with van der Waals surface area (Å²) in [4.78, 5) is 48.1. The molecule has 2 amide bonds. The lowest BCUT2D eigenvalue weighted by Gasteiger charge is -2.09. The highest BCUT2D eigenvalue weighted by molar-refractivity contribution is 5.95. The van der Waals surface area contributed by atoms with Crippen LogP contribution in [0.5, 0.6) is 11.5 Å². The fraction of sp³-hybridized carbons (Fsp3) is 0.241. The molecule has 0 radical (unpaired) electrons. The van der Waals surface area contributed by atoms with Gasteiger partial charge in [-0.15, -0.1) is 0 Å². The van der Waals surface area contributed by atoms with E-state index >= 15 is 0 Å². The third-order valence-electron chi connectivity index (χ3n) is 4.99. The van der Waals surface area contributed by atoms with Crippen LogP contribution >= 0.6 is 0 Å². The van der Waals surface area contributed by atoms with Crippen LogP contribution in [0.2, 0.25) is 0 Å². The van der Waals surface area contributed by atoms with E-state index in [1.807, 2.05) is 44.2 Å². The quantitative estimate of drug-likeness (QED) is 0.317. The number of hydrogen-bond donors (Lipinski definition) is 2. The molecule has 0 aliphatic heterocycles. The summed E-state index contributed by atoms with van der Waals surface area (Å²) in [6.45, 7) is 3.74. The molecule has 0 unspecified atom stereocenters. The Kier molecular flexibility index (Phi) is 10.4. The molecule has 38 heavy (non-hydrogen) atoms. The van der Waals surface area contributed by atoms with Crippen molar-refractivity contribution in [1.82, 2.24) is 0 Å². The van der Waals surface area contributed by atoms with Crippen molar-refractivity contribution >= 4 is 35.1 Å². The van der Waals surface area contributed by atoms with Gasteiger partial charge in [-0.1, -0.05) is 32.0 Å². The zero-order chi connectivity index (χ0) is 27.3. The Hall–Kier alpha value is -4.66. The predicted molar refractivity (Wildman–Crippen MR) is 142 cm³/mol. The molecule has 0 saturated heterocycles. The van der Waals surface area contributed by atoms with Gasteiger partial charge in [0.25, 0.3) is 5.91 Å². The van der Waals surface area contributed by atoms with E-state index in [0.29, 0.717) is 35.0 Å². The van der Waals surface area contributed by atoms with Gasteiger partial charge in [-0.05, 0) is 66.6 Å². The second-order valence-electron chi connectivity index (χ2n) is 8.77. The van der Waals surface area contributed by atoms with Gasteiger partial charge in [0.2, 0.25) is 5.91 Å². The lowest BCUT2D eigenvalue weighted by Crippen LogP contribution is -2.21. The van der Waals surface area contributed by atoms with Gasteiger partial charge in [-0.3, -0.25) is 14.4 Å². The molecular formula is C29H30N2O7. The highest BCUT2D eigenvalue weighted by Gasteiger charge is 2.12. The topological polar surface area (TPSA) is 120 Å². The van der Waals surface area contributed by atoms with Crippen LogP contribution in [0.1, 0.15) is 37.0 Å². The van der Waals surface area contributed by atoms with E-state index in [4.69, 9.17) is 14.2 Å². The molecule has 0 aromatic heterocycles. The highest BCUT2D eigenvalue weighted by atomic mass is 16.5. The molecule has 0 fully saturated rings. The summed E-state index contributed by atoms with van der Waals surface area (Å²) in [5.74, 6) is -0.480. The van der Waals surface area contributed by atoms with Crippen molar-refractivity contribution in [3.8, 4) is 11.5 Å². The molecule has 0 aliphatic carbocycles. The van der Waals surface area contributed by atoms with Gasteiger partial charge in [-0.25, -0.2) is 4.79 Å². The Morgan fingerprint density at radius 1 is 0.684 bits per heavy atom. The first kappa shape index (κ1) is 27.9. The molecule has 2 N–H and O–H groups in total. The molecular weight excluding hydrogens is 488 g/mol. The summed E-state index contributed by atoms with van der Waals surface area (Å²) < 4.78 is 15.8. The Labute approximate surface area is 221 Å². The van der Waals surface area contributed by atoms with E-state index < -0.39 is 30.4 Å². The third kappa shape index (κ3) is 9.77. The average Bonchev–Trinajstić information content (AvgIpc) is 2.91. The minimum Gasteiger partial charge on any atom is -0.462 e. The number of rotatable bonds is 12. The molecule has 0 atom stereocenters. The monoisotopic (exact) mass is 518 g/mol. The number of para-hydroxylation sites is 1. The van der Waals surface area contributed by atoms with Gasteiger partial charge in [0.05, 0.1) is 18.6 Å². The molecule has 3 aromatic rings. The molecule has 0 saturated carbocycles. The largest absolute Gasteiger partial charge is 0.462 e. The number of ether oxygens (including phenoxy) is 3. The maximum absolute atomic E-state index is 12.1. The third-order valence-corrected chi connectivity index (χ3v) is 4.99. The van der Waals surface area contributed by atoms with Crippen molar-refractivity contribution in [2.75, 3.05) is 23.8 Å². The Morgan fingerprint density at radius 3 is 1.89 bits per heavy atom. The van der Waals surface area contributed by atoms with Crippen LogP contribution in [0.4, 0.5) is 11.4 Å². The number of amides is 2. The summed E-state index contributed by atoms with van der Waals surface area (Å²) in [6.07, 6.45) is -0.314. The molecule has 3 aromatic carbocycles. The van der Waals surface area contributed by atoms with Crippen molar-refractivity contribution in [1.29, 1.82) is 0 Å². The number of carbonyl (C=O) groups is 4. The molecule has 0 heterocycles. The van der Waals surface area contributed by atoms with Gasteiger partial charge in [0.1, 0.15) is 11.5 Å². The maximum Gasteiger partial charge on any atom is 0.338 e. The summed E-state index contributed by atoms with van der Waals surface area (Å²) in [6, 6.07) is 22.3. The minimum absolute atomic E-state index is 0.124. The summed E-state index contributed by atoms with van der Waals surface area (Å²) in [5.41, 5.74) is 1.37. The number of esters is 2. The minimum atomic E-state index is -0.676. The first-order valence-electron chi connectivity index (χ1n) is 12.1. The fourth-order valence-electron chi connectivity index (χ4n) is 3.10.